The van der Waals surface area contributed by atoms with Gasteiger partial charge in [0.05, 0.1) is 28.2 Å². The average Bonchev–Trinajstić information content (AvgIpc) is 3.13. The molecule has 0 aromatic heterocycles. The fraction of sp³-hybridized carbons (Fsp3) is 0.0698. The lowest BCUT2D eigenvalue weighted by molar-refractivity contribution is 0.445. The zero-order chi connectivity index (χ0) is 32.0. The van der Waals surface area contributed by atoms with Crippen molar-refractivity contribution < 1.29 is 0 Å². The number of allylic oxidation sites excluding steroid dienone is 5. The van der Waals surface area contributed by atoms with Gasteiger partial charge in [0.1, 0.15) is 12.1 Å². The van der Waals surface area contributed by atoms with Crippen LogP contribution in [-0.2, 0) is 5.41 Å². The Morgan fingerprint density at radius 1 is 0.574 bits per heavy atom. The molecule has 2 atom stereocenters. The van der Waals surface area contributed by atoms with Gasteiger partial charge in [-0.2, -0.15) is 10.5 Å². The van der Waals surface area contributed by atoms with Crippen molar-refractivity contribution in [1.29, 1.82) is 10.5 Å². The predicted molar refractivity (Wildman–Crippen MR) is 191 cm³/mol. The Bertz CT molecular complexity index is 2250. The van der Waals surface area contributed by atoms with Gasteiger partial charge >= 0.3 is 0 Å². The van der Waals surface area contributed by atoms with Gasteiger partial charge < -0.3 is 9.80 Å². The summed E-state index contributed by atoms with van der Waals surface area (Å²) in [5.74, 6) is -0.0162. The maximum absolute atomic E-state index is 10.2. The summed E-state index contributed by atoms with van der Waals surface area (Å²) in [6.45, 7) is 2.35. The summed E-state index contributed by atoms with van der Waals surface area (Å²) in [6.07, 6.45) is 13.5. The number of anilines is 5. The molecule has 3 aliphatic carbocycles. The lowest BCUT2D eigenvalue weighted by Gasteiger charge is -2.49. The van der Waals surface area contributed by atoms with Crippen LogP contribution in [-0.4, -0.2) is 0 Å². The van der Waals surface area contributed by atoms with Crippen LogP contribution in [0.3, 0.4) is 0 Å². The molecule has 0 saturated heterocycles. The van der Waals surface area contributed by atoms with Crippen LogP contribution in [0.4, 0.5) is 28.4 Å². The summed E-state index contributed by atoms with van der Waals surface area (Å²) in [5, 5.41) is 20.3. The Labute approximate surface area is 275 Å². The highest BCUT2D eigenvalue weighted by molar-refractivity contribution is 5.91. The molecule has 4 heteroatoms. The van der Waals surface area contributed by atoms with E-state index < -0.39 is 0 Å². The van der Waals surface area contributed by atoms with Crippen LogP contribution in [0.25, 0.3) is 12.2 Å². The Kier molecular flexibility index (Phi) is 6.71. The highest BCUT2D eigenvalue weighted by atomic mass is 15.2. The highest BCUT2D eigenvalue weighted by Crippen LogP contribution is 2.57. The number of hydrogen-bond donors (Lipinski definition) is 0. The Hall–Kier alpha value is -6.36. The number of hydrogen-bond acceptors (Lipinski definition) is 4. The molecular weight excluding hydrogens is 573 g/mol. The van der Waals surface area contributed by atoms with E-state index >= 15 is 0 Å². The van der Waals surface area contributed by atoms with Gasteiger partial charge in [0.2, 0.25) is 0 Å². The van der Waals surface area contributed by atoms with Crippen molar-refractivity contribution in [2.45, 2.75) is 12.3 Å². The Morgan fingerprint density at radius 2 is 1.15 bits per heavy atom. The molecule has 5 aromatic carbocycles. The van der Waals surface area contributed by atoms with E-state index in [1.807, 2.05) is 84.9 Å². The SMILES string of the molecule is CC12C3=CC=C(N(c4ccccc4)c4ccccc4C#N)C1C=Cc1ccc(N(c4ccccc4)c4ccccc4C#N)c(c12)C=C3. The minimum Gasteiger partial charge on any atom is -0.312 e. The molecule has 0 bridgehead atoms. The zero-order valence-corrected chi connectivity index (χ0v) is 25.9. The van der Waals surface area contributed by atoms with E-state index in [0.29, 0.717) is 11.1 Å². The van der Waals surface area contributed by atoms with Crippen LogP contribution in [0.2, 0.25) is 0 Å². The summed E-state index contributed by atoms with van der Waals surface area (Å²) in [7, 11) is 0. The maximum Gasteiger partial charge on any atom is 0.101 e. The van der Waals surface area contributed by atoms with Crippen molar-refractivity contribution in [3.8, 4) is 12.1 Å². The standard InChI is InChI=1S/C43H30N4/c1-43-33-22-24-36-40(46(34-14-4-2-5-15-34)38-18-10-8-12-31(38)28-44)26-21-30(42(36)43)20-25-37(43)41(27-23-33)47(35-16-6-3-7-17-35)39-19-11-9-13-32(39)29-45/h2-27,37H,1H3. The second-order valence-corrected chi connectivity index (χ2v) is 12.1. The van der Waals surface area contributed by atoms with Gasteiger partial charge in [-0.1, -0.05) is 104 Å². The number of nitriles is 2. The average molecular weight is 603 g/mol. The smallest absolute Gasteiger partial charge is 0.101 e. The van der Waals surface area contributed by atoms with E-state index in [-0.39, 0.29) is 11.3 Å². The van der Waals surface area contributed by atoms with Gasteiger partial charge in [0.25, 0.3) is 0 Å². The second kappa shape index (κ2) is 11.2. The third kappa shape index (κ3) is 4.35. The quantitative estimate of drug-likeness (QED) is 0.194. The molecule has 3 aliphatic rings. The van der Waals surface area contributed by atoms with E-state index in [4.69, 9.17) is 0 Å². The molecule has 0 N–H and O–H groups in total. The van der Waals surface area contributed by atoms with Gasteiger partial charge in [-0.25, -0.2) is 0 Å². The molecule has 5 aromatic rings. The van der Waals surface area contributed by atoms with Gasteiger partial charge in [0, 0.05) is 34.0 Å². The second-order valence-electron chi connectivity index (χ2n) is 12.1. The van der Waals surface area contributed by atoms with Crippen molar-refractivity contribution in [3.05, 3.63) is 185 Å². The molecule has 8 rings (SSSR count). The summed E-state index contributed by atoms with van der Waals surface area (Å²) in [5.41, 5.74) is 11.5. The van der Waals surface area contributed by atoms with Crippen molar-refractivity contribution in [1.82, 2.24) is 0 Å². The topological polar surface area (TPSA) is 54.1 Å². The molecule has 0 spiro atoms. The van der Waals surface area contributed by atoms with Gasteiger partial charge in [0.15, 0.2) is 0 Å². The zero-order valence-electron chi connectivity index (χ0n) is 25.9. The van der Waals surface area contributed by atoms with Gasteiger partial charge in [-0.3, -0.25) is 0 Å². The predicted octanol–water partition coefficient (Wildman–Crippen LogP) is 10.5. The van der Waals surface area contributed by atoms with Crippen molar-refractivity contribution in [3.63, 3.8) is 0 Å². The molecule has 0 heterocycles. The minimum atomic E-state index is -0.389. The van der Waals surface area contributed by atoms with Crippen LogP contribution >= 0.6 is 0 Å². The van der Waals surface area contributed by atoms with E-state index in [1.54, 1.807) is 0 Å². The highest BCUT2D eigenvalue weighted by Gasteiger charge is 2.48. The number of benzene rings is 5. The van der Waals surface area contributed by atoms with Crippen LogP contribution in [0.5, 0.6) is 0 Å². The van der Waals surface area contributed by atoms with Gasteiger partial charge in [-0.05, 0) is 77.4 Å². The largest absolute Gasteiger partial charge is 0.312 e. The van der Waals surface area contributed by atoms with E-state index in [2.05, 4.69) is 102 Å². The number of para-hydroxylation sites is 4. The molecule has 0 radical (unpaired) electrons. The molecule has 4 nitrogen and oxygen atoms in total. The number of rotatable bonds is 6. The molecule has 0 amide bonds. The maximum atomic E-state index is 10.2. The van der Waals surface area contributed by atoms with Crippen LogP contribution in [0, 0.1) is 28.6 Å². The van der Waals surface area contributed by atoms with E-state index in [1.165, 1.54) is 16.7 Å². The molecule has 0 fully saturated rings. The van der Waals surface area contributed by atoms with Crippen LogP contribution < -0.4 is 9.80 Å². The normalized spacial score (nSPS) is 18.2. The van der Waals surface area contributed by atoms with Crippen LogP contribution in [0.15, 0.2) is 157 Å². The lowest BCUT2D eigenvalue weighted by atomic mass is 9.57. The molecule has 0 saturated carbocycles. The Balaban J connectivity index is 1.34. The molecule has 47 heavy (non-hydrogen) atoms. The molecule has 0 aliphatic heterocycles. The third-order valence-electron chi connectivity index (χ3n) is 9.70. The first-order valence-electron chi connectivity index (χ1n) is 15.8. The van der Waals surface area contributed by atoms with E-state index in [9.17, 15) is 10.5 Å². The summed E-state index contributed by atoms with van der Waals surface area (Å²) >= 11 is 0. The first-order valence-corrected chi connectivity index (χ1v) is 15.8. The molecular formula is C43H30N4. The fourth-order valence-electron chi connectivity index (χ4n) is 7.56. The lowest BCUT2D eigenvalue weighted by Crippen LogP contribution is -2.43. The summed E-state index contributed by atoms with van der Waals surface area (Å²) in [6, 6.07) is 45.4. The summed E-state index contributed by atoms with van der Waals surface area (Å²) < 4.78 is 0. The molecule has 222 valence electrons. The monoisotopic (exact) mass is 602 g/mol. The first-order chi connectivity index (χ1) is 23.1. The molecule has 2 unspecified atom stereocenters. The van der Waals surface area contributed by atoms with Crippen molar-refractivity contribution in [2.75, 3.05) is 9.80 Å². The fourth-order valence-corrected chi connectivity index (χ4v) is 7.56. The number of nitrogens with zero attached hydrogens (tertiary/aromatic N) is 4. The van der Waals surface area contributed by atoms with E-state index in [0.717, 1.165) is 39.7 Å². The van der Waals surface area contributed by atoms with Crippen LogP contribution in [0.1, 0.15) is 34.7 Å². The first kappa shape index (κ1) is 28.1. The van der Waals surface area contributed by atoms with Gasteiger partial charge in [-0.15, -0.1) is 0 Å². The summed E-state index contributed by atoms with van der Waals surface area (Å²) in [4.78, 5) is 4.46. The van der Waals surface area contributed by atoms with Crippen molar-refractivity contribution in [2.24, 2.45) is 5.92 Å². The minimum absolute atomic E-state index is 0.0162. The Morgan fingerprint density at radius 3 is 1.79 bits per heavy atom. The van der Waals surface area contributed by atoms with Crippen molar-refractivity contribution >= 4 is 40.6 Å². The third-order valence-corrected chi connectivity index (χ3v) is 9.70.